The fourth-order valence-electron chi connectivity index (χ4n) is 5.20. The van der Waals surface area contributed by atoms with Crippen molar-refractivity contribution in [2.75, 3.05) is 0 Å². The Kier molecular flexibility index (Phi) is 5.84. The van der Waals surface area contributed by atoms with Crippen LogP contribution in [0, 0.1) is 5.41 Å². The smallest absolute Gasteiger partial charge is 0.262 e. The summed E-state index contributed by atoms with van der Waals surface area (Å²) in [6.45, 7) is 2.01. The van der Waals surface area contributed by atoms with Gasteiger partial charge in [0.25, 0.3) is 5.91 Å². The van der Waals surface area contributed by atoms with Crippen LogP contribution in [-0.4, -0.2) is 17.4 Å². The van der Waals surface area contributed by atoms with E-state index < -0.39 is 10.8 Å². The van der Waals surface area contributed by atoms with Gasteiger partial charge in [0, 0.05) is 5.56 Å². The van der Waals surface area contributed by atoms with Gasteiger partial charge in [0.1, 0.15) is 5.41 Å². The highest BCUT2D eigenvalue weighted by molar-refractivity contribution is 6.22. The van der Waals surface area contributed by atoms with Gasteiger partial charge in [-0.15, -0.1) is 0 Å². The lowest BCUT2D eigenvalue weighted by Crippen LogP contribution is -2.49. The van der Waals surface area contributed by atoms with Crippen LogP contribution in [0.3, 0.4) is 0 Å². The lowest BCUT2D eigenvalue weighted by atomic mass is 9.56. The molecule has 0 spiro atoms. The van der Waals surface area contributed by atoms with Gasteiger partial charge in [-0.25, -0.2) is 4.99 Å². The van der Waals surface area contributed by atoms with Crippen LogP contribution >= 0.6 is 0 Å². The van der Waals surface area contributed by atoms with Crippen molar-refractivity contribution in [3.63, 3.8) is 0 Å². The van der Waals surface area contributed by atoms with Crippen molar-refractivity contribution in [1.29, 1.82) is 0 Å². The third-order valence-corrected chi connectivity index (χ3v) is 6.89. The van der Waals surface area contributed by atoms with Gasteiger partial charge < -0.3 is 0 Å². The highest BCUT2D eigenvalue weighted by atomic mass is 16.2. The SMILES string of the molecule is CC1(/C=C/C(=O)c2ccccc2)C(c2ccccc2)=NC(=O)C1(c1ccccc1)c1ccccc1. The summed E-state index contributed by atoms with van der Waals surface area (Å²) in [5, 5.41) is 0. The van der Waals surface area contributed by atoms with Crippen LogP contribution < -0.4 is 0 Å². The van der Waals surface area contributed by atoms with Gasteiger partial charge >= 0.3 is 0 Å². The molecule has 1 aliphatic heterocycles. The number of hydrogen-bond acceptors (Lipinski definition) is 2. The Balaban J connectivity index is 1.77. The van der Waals surface area contributed by atoms with E-state index in [1.807, 2.05) is 122 Å². The van der Waals surface area contributed by atoms with Gasteiger partial charge in [-0.1, -0.05) is 127 Å². The Labute approximate surface area is 205 Å². The second-order valence-electron chi connectivity index (χ2n) is 8.88. The van der Waals surface area contributed by atoms with Crippen LogP contribution in [-0.2, 0) is 10.2 Å². The highest BCUT2D eigenvalue weighted by Crippen LogP contribution is 2.54. The summed E-state index contributed by atoms with van der Waals surface area (Å²) in [7, 11) is 0. The van der Waals surface area contributed by atoms with E-state index in [4.69, 9.17) is 0 Å². The number of allylic oxidation sites excluding steroid dienone is 2. The Morgan fingerprint density at radius 2 is 1.14 bits per heavy atom. The van der Waals surface area contributed by atoms with Gasteiger partial charge in [0.2, 0.25) is 0 Å². The van der Waals surface area contributed by atoms with Crippen LogP contribution in [0.4, 0.5) is 0 Å². The Bertz CT molecular complexity index is 1370. The highest BCUT2D eigenvalue weighted by Gasteiger charge is 2.61. The molecule has 3 nitrogen and oxygen atoms in total. The van der Waals surface area contributed by atoms with Crippen molar-refractivity contribution < 1.29 is 9.59 Å². The molecule has 4 aromatic rings. The largest absolute Gasteiger partial charge is 0.289 e. The van der Waals surface area contributed by atoms with Crippen LogP contribution in [0.2, 0.25) is 0 Å². The zero-order valence-electron chi connectivity index (χ0n) is 19.5. The molecule has 1 unspecified atom stereocenters. The maximum absolute atomic E-state index is 14.1. The van der Waals surface area contributed by atoms with Gasteiger partial charge in [-0.2, -0.15) is 0 Å². The average molecular weight is 456 g/mol. The van der Waals surface area contributed by atoms with E-state index in [0.717, 1.165) is 16.7 Å². The first kappa shape index (κ1) is 22.4. The molecular weight excluding hydrogens is 430 g/mol. The molecule has 0 aromatic heterocycles. The van der Waals surface area contributed by atoms with Gasteiger partial charge in [-0.3, -0.25) is 9.59 Å². The number of nitrogens with zero attached hydrogens (tertiary/aromatic N) is 1. The van der Waals surface area contributed by atoms with E-state index >= 15 is 0 Å². The normalized spacial score (nSPS) is 19.0. The molecule has 0 radical (unpaired) electrons. The number of carbonyl (C=O) groups is 2. The molecular formula is C32H25NO2. The van der Waals surface area contributed by atoms with Crippen LogP contribution in [0.5, 0.6) is 0 Å². The average Bonchev–Trinajstić information content (AvgIpc) is 3.16. The maximum Gasteiger partial charge on any atom is 0.262 e. The Hall–Kier alpha value is -4.37. The van der Waals surface area contributed by atoms with Gasteiger partial charge in [0.05, 0.1) is 11.1 Å². The van der Waals surface area contributed by atoms with Crippen molar-refractivity contribution in [2.24, 2.45) is 10.4 Å². The fraction of sp³-hybridized carbons (Fsp3) is 0.0938. The molecule has 0 saturated heterocycles. The van der Waals surface area contributed by atoms with E-state index in [9.17, 15) is 9.59 Å². The van der Waals surface area contributed by atoms with E-state index in [-0.39, 0.29) is 11.7 Å². The predicted molar refractivity (Wildman–Crippen MR) is 140 cm³/mol. The quantitative estimate of drug-likeness (QED) is 0.248. The summed E-state index contributed by atoms with van der Waals surface area (Å²) in [4.78, 5) is 31.9. The summed E-state index contributed by atoms with van der Waals surface area (Å²) in [5.41, 5.74) is 1.71. The molecule has 3 heteroatoms. The first-order valence-corrected chi connectivity index (χ1v) is 11.7. The minimum atomic E-state index is -1.13. The molecule has 0 bridgehead atoms. The predicted octanol–water partition coefficient (Wildman–Crippen LogP) is 6.45. The standard InChI is InChI=1S/C32H25NO2/c1-31(23-22-28(34)24-14-6-2-7-15-24)29(25-16-8-3-9-17-25)33-30(35)32(31,26-18-10-4-11-19-26)27-20-12-5-13-21-27/h2-23H,1H3/b23-22+. The number of carbonyl (C=O) groups excluding carboxylic acids is 2. The molecule has 170 valence electrons. The molecule has 0 fully saturated rings. The zero-order chi connectivity index (χ0) is 24.3. The van der Waals surface area contributed by atoms with E-state index in [0.29, 0.717) is 11.3 Å². The first-order chi connectivity index (χ1) is 17.1. The molecule has 0 N–H and O–H groups in total. The molecule has 0 aliphatic carbocycles. The first-order valence-electron chi connectivity index (χ1n) is 11.7. The summed E-state index contributed by atoms with van der Waals surface area (Å²) in [6, 6.07) is 38.4. The Morgan fingerprint density at radius 1 is 0.686 bits per heavy atom. The van der Waals surface area contributed by atoms with Gasteiger partial charge in [-0.05, 0) is 29.7 Å². The summed E-state index contributed by atoms with van der Waals surface area (Å²) in [6.07, 6.45) is 3.46. The van der Waals surface area contributed by atoms with E-state index in [2.05, 4.69) is 4.99 Å². The van der Waals surface area contributed by atoms with Crippen LogP contribution in [0.1, 0.15) is 34.0 Å². The third kappa shape index (κ3) is 3.66. The van der Waals surface area contributed by atoms with Crippen LogP contribution in [0.15, 0.2) is 138 Å². The van der Waals surface area contributed by atoms with Crippen molar-refractivity contribution in [3.8, 4) is 0 Å². The number of amides is 1. The lowest BCUT2D eigenvalue weighted by molar-refractivity contribution is -0.122. The molecule has 1 atom stereocenters. The fourth-order valence-corrected chi connectivity index (χ4v) is 5.20. The van der Waals surface area contributed by atoms with Crippen LogP contribution in [0.25, 0.3) is 0 Å². The monoisotopic (exact) mass is 455 g/mol. The number of rotatable bonds is 6. The Morgan fingerprint density at radius 3 is 1.66 bits per heavy atom. The summed E-state index contributed by atoms with van der Waals surface area (Å²) in [5.74, 6) is -0.360. The number of hydrogen-bond donors (Lipinski definition) is 0. The minimum Gasteiger partial charge on any atom is -0.289 e. The third-order valence-electron chi connectivity index (χ3n) is 6.89. The van der Waals surface area contributed by atoms with E-state index in [1.54, 1.807) is 18.2 Å². The second-order valence-corrected chi connectivity index (χ2v) is 8.88. The summed E-state index contributed by atoms with van der Waals surface area (Å²) >= 11 is 0. The second kappa shape index (κ2) is 9.11. The van der Waals surface area contributed by atoms with Crippen molar-refractivity contribution in [1.82, 2.24) is 0 Å². The lowest BCUT2D eigenvalue weighted by Gasteiger charge is -2.42. The van der Waals surface area contributed by atoms with E-state index in [1.165, 1.54) is 0 Å². The molecule has 1 heterocycles. The zero-order valence-corrected chi connectivity index (χ0v) is 19.5. The number of ketones is 1. The molecule has 5 rings (SSSR count). The van der Waals surface area contributed by atoms with Crippen molar-refractivity contribution >= 4 is 17.4 Å². The molecule has 0 saturated carbocycles. The number of benzene rings is 4. The maximum atomic E-state index is 14.1. The number of aliphatic imine (C=N–C) groups is 1. The van der Waals surface area contributed by atoms with Crippen molar-refractivity contribution in [3.05, 3.63) is 156 Å². The summed E-state index contributed by atoms with van der Waals surface area (Å²) < 4.78 is 0. The van der Waals surface area contributed by atoms with Gasteiger partial charge in [0.15, 0.2) is 5.78 Å². The molecule has 35 heavy (non-hydrogen) atoms. The minimum absolute atomic E-state index is 0.117. The molecule has 1 aliphatic rings. The molecule has 1 amide bonds. The molecule has 4 aromatic carbocycles. The van der Waals surface area contributed by atoms with Crippen molar-refractivity contribution in [2.45, 2.75) is 12.3 Å². The topological polar surface area (TPSA) is 46.5 Å².